The fraction of sp³-hybridized carbons (Fsp3) is 0.692. The van der Waals surface area contributed by atoms with Gasteiger partial charge in [0.25, 0.3) is 12.0 Å². The van der Waals surface area contributed by atoms with Gasteiger partial charge in [0.2, 0.25) is 0 Å². The number of H-pyrrole nitrogens is 1. The summed E-state index contributed by atoms with van der Waals surface area (Å²) in [5.41, 5.74) is -0.675. The highest BCUT2D eigenvalue weighted by molar-refractivity contribution is 6.30. The molecular weight excluding hydrogens is 306 g/mol. The summed E-state index contributed by atoms with van der Waals surface area (Å²) in [5.74, 6) is 0.0510. The van der Waals surface area contributed by atoms with Crippen LogP contribution in [0.25, 0.3) is 0 Å². The van der Waals surface area contributed by atoms with E-state index in [2.05, 4.69) is 4.98 Å². The zero-order valence-corrected chi connectivity index (χ0v) is 12.2. The van der Waals surface area contributed by atoms with E-state index in [0.717, 1.165) is 30.3 Å². The van der Waals surface area contributed by atoms with E-state index >= 15 is 0 Å². The molecule has 0 aromatic carbocycles. The van der Waals surface area contributed by atoms with Gasteiger partial charge in [-0.25, -0.2) is 13.6 Å². The summed E-state index contributed by atoms with van der Waals surface area (Å²) in [5, 5.41) is 0.0849. The number of nitrogens with zero attached hydrogens (tertiary/aromatic N) is 1. The van der Waals surface area contributed by atoms with E-state index in [9.17, 15) is 18.4 Å². The molecule has 0 amide bonds. The highest BCUT2D eigenvalue weighted by atomic mass is 35.5. The standard InChI is InChI=1S/C13H17ClF2N2O3/c14-11-10(8-3-1-2-4-8)12(19)18(13(20)17-11)5-6-21-7-9(15)16/h8-9H,1-7H2,(H,17,20). The van der Waals surface area contributed by atoms with Crippen LogP contribution in [0.5, 0.6) is 0 Å². The van der Waals surface area contributed by atoms with E-state index in [1.165, 1.54) is 0 Å². The molecule has 2 rings (SSSR count). The third-order valence-corrected chi connectivity index (χ3v) is 3.94. The first-order valence-electron chi connectivity index (χ1n) is 6.89. The number of hydrogen-bond acceptors (Lipinski definition) is 3. The molecule has 0 unspecified atom stereocenters. The molecule has 0 radical (unpaired) electrons. The van der Waals surface area contributed by atoms with Crippen LogP contribution < -0.4 is 11.2 Å². The molecule has 5 nitrogen and oxygen atoms in total. The van der Waals surface area contributed by atoms with Gasteiger partial charge in [0.15, 0.2) is 0 Å². The van der Waals surface area contributed by atoms with Crippen molar-refractivity contribution in [3.8, 4) is 0 Å². The molecule has 118 valence electrons. The van der Waals surface area contributed by atoms with Crippen molar-refractivity contribution in [1.29, 1.82) is 0 Å². The molecule has 1 N–H and O–H groups in total. The van der Waals surface area contributed by atoms with Crippen molar-refractivity contribution in [1.82, 2.24) is 9.55 Å². The summed E-state index contributed by atoms with van der Waals surface area (Å²) in [7, 11) is 0. The maximum Gasteiger partial charge on any atom is 0.329 e. The van der Waals surface area contributed by atoms with Crippen molar-refractivity contribution in [2.45, 2.75) is 44.6 Å². The van der Waals surface area contributed by atoms with Crippen molar-refractivity contribution < 1.29 is 13.5 Å². The smallest absolute Gasteiger partial charge is 0.329 e. The zero-order valence-electron chi connectivity index (χ0n) is 11.4. The number of hydrogen-bond donors (Lipinski definition) is 1. The van der Waals surface area contributed by atoms with Gasteiger partial charge in [0, 0.05) is 0 Å². The largest absolute Gasteiger partial charge is 0.374 e. The average molecular weight is 323 g/mol. The molecule has 0 atom stereocenters. The Labute approximate surface area is 124 Å². The van der Waals surface area contributed by atoms with Crippen LogP contribution >= 0.6 is 11.6 Å². The summed E-state index contributed by atoms with van der Waals surface area (Å²) < 4.78 is 29.6. The fourth-order valence-corrected chi connectivity index (χ4v) is 2.98. The van der Waals surface area contributed by atoms with Crippen LogP contribution in [-0.4, -0.2) is 29.2 Å². The van der Waals surface area contributed by atoms with E-state index in [-0.39, 0.29) is 24.2 Å². The van der Waals surface area contributed by atoms with Crippen LogP contribution in [0, 0.1) is 0 Å². The Morgan fingerprint density at radius 2 is 2.00 bits per heavy atom. The van der Waals surface area contributed by atoms with Crippen LogP contribution in [0.15, 0.2) is 9.59 Å². The predicted octanol–water partition coefficient (Wildman–Crippen LogP) is 2.13. The molecule has 1 fully saturated rings. The second-order valence-corrected chi connectivity index (χ2v) is 5.44. The monoisotopic (exact) mass is 322 g/mol. The van der Waals surface area contributed by atoms with Crippen LogP contribution in [0.3, 0.4) is 0 Å². The molecule has 1 aromatic rings. The van der Waals surface area contributed by atoms with Crippen LogP contribution in [-0.2, 0) is 11.3 Å². The first-order valence-corrected chi connectivity index (χ1v) is 7.27. The molecule has 1 aliphatic carbocycles. The minimum atomic E-state index is -2.57. The Morgan fingerprint density at radius 1 is 1.33 bits per heavy atom. The third-order valence-electron chi connectivity index (χ3n) is 3.64. The van der Waals surface area contributed by atoms with Gasteiger partial charge in [-0.2, -0.15) is 0 Å². The first kappa shape index (κ1) is 16.2. The quantitative estimate of drug-likeness (QED) is 0.644. The lowest BCUT2D eigenvalue weighted by molar-refractivity contribution is 0.0142. The Bertz CT molecular complexity index is 594. The van der Waals surface area contributed by atoms with Crippen molar-refractivity contribution in [2.24, 2.45) is 0 Å². The number of nitrogens with one attached hydrogen (secondary N) is 1. The minimum Gasteiger partial charge on any atom is -0.374 e. The molecule has 8 heteroatoms. The second kappa shape index (κ2) is 7.17. The molecule has 0 bridgehead atoms. The van der Waals surface area contributed by atoms with E-state index in [1.807, 2.05) is 0 Å². The summed E-state index contributed by atoms with van der Waals surface area (Å²) >= 11 is 5.99. The molecule has 21 heavy (non-hydrogen) atoms. The maximum absolute atomic E-state index is 12.4. The maximum atomic E-state index is 12.4. The van der Waals surface area contributed by atoms with Crippen molar-refractivity contribution in [3.05, 3.63) is 31.6 Å². The normalized spacial score (nSPS) is 16.0. The molecule has 1 saturated carbocycles. The van der Waals surface area contributed by atoms with E-state index in [4.69, 9.17) is 16.3 Å². The Hall–Kier alpha value is -1.21. The van der Waals surface area contributed by atoms with Gasteiger partial charge in [0.05, 0.1) is 18.7 Å². The average Bonchev–Trinajstić information content (AvgIpc) is 2.90. The number of halogens is 3. The van der Waals surface area contributed by atoms with Gasteiger partial charge < -0.3 is 4.74 Å². The Kier molecular flexibility index (Phi) is 5.52. The molecule has 1 aromatic heterocycles. The van der Waals surface area contributed by atoms with Crippen LogP contribution in [0.1, 0.15) is 37.2 Å². The minimum absolute atomic E-state index is 0.0510. The topological polar surface area (TPSA) is 64.1 Å². The van der Waals surface area contributed by atoms with E-state index < -0.39 is 24.3 Å². The number of aromatic nitrogens is 2. The summed E-state index contributed by atoms with van der Waals surface area (Å²) in [6.07, 6.45) is 1.21. The zero-order chi connectivity index (χ0) is 15.4. The molecule has 0 spiro atoms. The van der Waals surface area contributed by atoms with Gasteiger partial charge >= 0.3 is 5.69 Å². The summed E-state index contributed by atoms with van der Waals surface area (Å²) in [6, 6.07) is 0. The first-order chi connectivity index (χ1) is 10.0. The van der Waals surface area contributed by atoms with Crippen molar-refractivity contribution in [2.75, 3.05) is 13.2 Å². The lowest BCUT2D eigenvalue weighted by Gasteiger charge is -2.13. The van der Waals surface area contributed by atoms with Gasteiger partial charge in [-0.05, 0) is 18.8 Å². The number of ether oxygens (including phenoxy) is 1. The molecular formula is C13H17ClF2N2O3. The lowest BCUT2D eigenvalue weighted by atomic mass is 10.0. The van der Waals surface area contributed by atoms with Crippen molar-refractivity contribution >= 4 is 11.6 Å². The number of alkyl halides is 2. The fourth-order valence-electron chi connectivity index (χ4n) is 2.66. The van der Waals surface area contributed by atoms with Gasteiger partial charge in [-0.15, -0.1) is 0 Å². The van der Waals surface area contributed by atoms with Crippen LogP contribution in [0.4, 0.5) is 8.78 Å². The van der Waals surface area contributed by atoms with E-state index in [0.29, 0.717) is 5.56 Å². The summed E-state index contributed by atoms with van der Waals surface area (Å²) in [4.78, 5) is 26.6. The molecule has 0 saturated heterocycles. The number of aromatic amines is 1. The Morgan fingerprint density at radius 3 is 2.62 bits per heavy atom. The van der Waals surface area contributed by atoms with Gasteiger partial charge in [-0.3, -0.25) is 14.3 Å². The predicted molar refractivity (Wildman–Crippen MR) is 74.4 cm³/mol. The number of rotatable bonds is 6. The Balaban J connectivity index is 2.19. The lowest BCUT2D eigenvalue weighted by Crippen LogP contribution is -2.39. The van der Waals surface area contributed by atoms with Crippen LogP contribution in [0.2, 0.25) is 5.15 Å². The molecule has 0 aliphatic heterocycles. The van der Waals surface area contributed by atoms with Gasteiger partial charge in [-0.1, -0.05) is 24.4 Å². The molecule has 1 aliphatic rings. The highest BCUT2D eigenvalue weighted by Gasteiger charge is 2.24. The SMILES string of the molecule is O=c1[nH]c(Cl)c(C2CCCC2)c(=O)n1CCOCC(F)F. The molecule has 1 heterocycles. The third kappa shape index (κ3) is 3.91. The highest BCUT2D eigenvalue weighted by Crippen LogP contribution is 2.34. The van der Waals surface area contributed by atoms with Crippen molar-refractivity contribution in [3.63, 3.8) is 0 Å². The van der Waals surface area contributed by atoms with E-state index in [1.54, 1.807) is 0 Å². The summed E-state index contributed by atoms with van der Waals surface area (Å²) in [6.45, 7) is -0.910. The van der Waals surface area contributed by atoms with Gasteiger partial charge in [0.1, 0.15) is 11.8 Å². The second-order valence-electron chi connectivity index (χ2n) is 5.06.